The third-order valence-electron chi connectivity index (χ3n) is 3.99. The molecule has 4 rings (SSSR count). The summed E-state index contributed by atoms with van der Waals surface area (Å²) in [5.74, 6) is -0.0126. The number of ether oxygens (including phenoxy) is 1. The Kier molecular flexibility index (Phi) is 3.96. The number of hydrogen-bond donors (Lipinski definition) is 2. The van der Waals surface area contributed by atoms with Gasteiger partial charge in [0.25, 0.3) is 0 Å². The van der Waals surface area contributed by atoms with E-state index in [4.69, 9.17) is 4.74 Å². The summed E-state index contributed by atoms with van der Waals surface area (Å²) in [6, 6.07) is 12.8. The van der Waals surface area contributed by atoms with Crippen LogP contribution in [-0.2, 0) is 0 Å². The van der Waals surface area contributed by atoms with E-state index in [1.165, 1.54) is 6.07 Å². The van der Waals surface area contributed by atoms with Gasteiger partial charge in [-0.2, -0.15) is 5.10 Å². The smallest absolute Gasteiger partial charge is 0.159 e. The summed E-state index contributed by atoms with van der Waals surface area (Å²) in [6.07, 6.45) is 1.68. The first-order chi connectivity index (χ1) is 12.6. The molecule has 2 N–H and O–H groups in total. The van der Waals surface area contributed by atoms with Gasteiger partial charge in [0.2, 0.25) is 0 Å². The first-order valence-electron chi connectivity index (χ1n) is 7.85. The van der Waals surface area contributed by atoms with Crippen molar-refractivity contribution in [1.29, 1.82) is 0 Å². The number of hydrogen-bond acceptors (Lipinski definition) is 4. The molecule has 0 spiro atoms. The van der Waals surface area contributed by atoms with Crippen molar-refractivity contribution >= 4 is 22.4 Å². The molecule has 0 aliphatic carbocycles. The summed E-state index contributed by atoms with van der Waals surface area (Å²) < 4.78 is 32.3. The number of H-pyrrole nitrogens is 1. The van der Waals surface area contributed by atoms with Gasteiger partial charge in [0.1, 0.15) is 11.6 Å². The molecule has 26 heavy (non-hydrogen) atoms. The number of nitrogens with one attached hydrogen (secondary N) is 2. The van der Waals surface area contributed by atoms with E-state index in [2.05, 4.69) is 20.5 Å². The van der Waals surface area contributed by atoms with Crippen LogP contribution in [0.25, 0.3) is 22.0 Å². The van der Waals surface area contributed by atoms with E-state index < -0.39 is 11.6 Å². The van der Waals surface area contributed by atoms with Crippen LogP contribution < -0.4 is 10.1 Å². The molecule has 0 aliphatic heterocycles. The van der Waals surface area contributed by atoms with E-state index in [1.54, 1.807) is 25.4 Å². The molecule has 5 nitrogen and oxygen atoms in total. The van der Waals surface area contributed by atoms with Crippen LogP contribution >= 0.6 is 0 Å². The fourth-order valence-corrected chi connectivity index (χ4v) is 2.75. The first-order valence-corrected chi connectivity index (χ1v) is 7.85. The maximum atomic E-state index is 13.7. The maximum absolute atomic E-state index is 13.7. The molecule has 2 aromatic carbocycles. The van der Waals surface area contributed by atoms with Gasteiger partial charge in [-0.1, -0.05) is 0 Å². The van der Waals surface area contributed by atoms with Crippen molar-refractivity contribution in [3.63, 3.8) is 0 Å². The highest BCUT2D eigenvalue weighted by Crippen LogP contribution is 2.32. The van der Waals surface area contributed by atoms with E-state index in [0.717, 1.165) is 22.9 Å². The summed E-state index contributed by atoms with van der Waals surface area (Å²) in [5.41, 5.74) is 1.01. The Morgan fingerprint density at radius 1 is 0.962 bits per heavy atom. The fraction of sp³-hybridized carbons (Fsp3) is 0.0526. The molecule has 2 aromatic heterocycles. The van der Waals surface area contributed by atoms with Gasteiger partial charge in [0.15, 0.2) is 17.5 Å². The van der Waals surface area contributed by atoms with Crippen LogP contribution in [-0.4, -0.2) is 22.3 Å². The van der Waals surface area contributed by atoms with E-state index >= 15 is 0 Å². The van der Waals surface area contributed by atoms with Crippen LogP contribution in [0.2, 0.25) is 0 Å². The second-order valence-electron chi connectivity index (χ2n) is 5.66. The summed E-state index contributed by atoms with van der Waals surface area (Å²) in [5, 5.41) is 11.5. The second kappa shape index (κ2) is 6.44. The van der Waals surface area contributed by atoms with Crippen molar-refractivity contribution in [2.24, 2.45) is 0 Å². The molecule has 0 unspecified atom stereocenters. The lowest BCUT2D eigenvalue weighted by Gasteiger charge is -2.12. The molecular formula is C19H14F2N4O. The number of nitrogens with zero attached hydrogens (tertiary/aromatic N) is 2. The van der Waals surface area contributed by atoms with Crippen LogP contribution in [0.3, 0.4) is 0 Å². The molecule has 0 saturated heterocycles. The highest BCUT2D eigenvalue weighted by molar-refractivity contribution is 5.97. The molecule has 0 radical (unpaired) electrons. The average molecular weight is 352 g/mol. The van der Waals surface area contributed by atoms with Gasteiger partial charge in [0, 0.05) is 23.2 Å². The third kappa shape index (κ3) is 2.95. The van der Waals surface area contributed by atoms with E-state index in [-0.39, 0.29) is 0 Å². The minimum atomic E-state index is -0.920. The number of halogens is 2. The number of fused-ring (bicyclic) bond motifs is 1. The van der Waals surface area contributed by atoms with Gasteiger partial charge in [-0.05, 0) is 47.9 Å². The van der Waals surface area contributed by atoms with Gasteiger partial charge in [-0.25, -0.2) is 13.8 Å². The topological polar surface area (TPSA) is 62.8 Å². The van der Waals surface area contributed by atoms with Crippen LogP contribution in [0.15, 0.2) is 54.7 Å². The van der Waals surface area contributed by atoms with E-state index in [9.17, 15) is 8.78 Å². The molecule has 4 aromatic rings. The summed E-state index contributed by atoms with van der Waals surface area (Å²) >= 11 is 0. The Morgan fingerprint density at radius 2 is 1.85 bits per heavy atom. The Hall–Kier alpha value is -3.48. The summed E-state index contributed by atoms with van der Waals surface area (Å²) in [4.78, 5) is 4.58. The average Bonchev–Trinajstić information content (AvgIpc) is 3.16. The van der Waals surface area contributed by atoms with Crippen molar-refractivity contribution in [1.82, 2.24) is 15.2 Å². The van der Waals surface area contributed by atoms with Gasteiger partial charge in [-0.3, -0.25) is 5.10 Å². The molecule has 0 bridgehead atoms. The predicted octanol–water partition coefficient (Wildman–Crippen LogP) is 4.66. The third-order valence-corrected chi connectivity index (χ3v) is 3.99. The molecule has 0 aliphatic rings. The minimum absolute atomic E-state index is 0.477. The van der Waals surface area contributed by atoms with Gasteiger partial charge < -0.3 is 10.1 Å². The number of aromatic amines is 1. The minimum Gasteiger partial charge on any atom is -0.497 e. The van der Waals surface area contributed by atoms with Crippen molar-refractivity contribution < 1.29 is 13.5 Å². The molecular weight excluding hydrogens is 338 g/mol. The maximum Gasteiger partial charge on any atom is 0.159 e. The van der Waals surface area contributed by atoms with Crippen molar-refractivity contribution in [2.45, 2.75) is 0 Å². The van der Waals surface area contributed by atoms with Crippen molar-refractivity contribution in [3.8, 4) is 17.0 Å². The highest BCUT2D eigenvalue weighted by Gasteiger charge is 2.12. The lowest BCUT2D eigenvalue weighted by Crippen LogP contribution is -1.97. The Balaban J connectivity index is 1.91. The summed E-state index contributed by atoms with van der Waals surface area (Å²) in [7, 11) is 1.58. The number of anilines is 2. The van der Waals surface area contributed by atoms with Crippen LogP contribution in [0.4, 0.5) is 20.4 Å². The number of pyridine rings is 1. The Morgan fingerprint density at radius 3 is 2.58 bits per heavy atom. The van der Waals surface area contributed by atoms with Crippen molar-refractivity contribution in [2.75, 3.05) is 12.4 Å². The molecule has 130 valence electrons. The van der Waals surface area contributed by atoms with E-state index in [1.807, 2.05) is 18.2 Å². The Bertz CT molecular complexity index is 1080. The lowest BCUT2D eigenvalue weighted by atomic mass is 10.0. The largest absolute Gasteiger partial charge is 0.497 e. The first kappa shape index (κ1) is 16.0. The molecule has 0 amide bonds. The van der Waals surface area contributed by atoms with E-state index in [0.29, 0.717) is 28.6 Å². The molecule has 0 fully saturated rings. The van der Waals surface area contributed by atoms with Crippen LogP contribution in [0.1, 0.15) is 0 Å². The normalized spacial score (nSPS) is 10.9. The molecule has 0 atom stereocenters. The van der Waals surface area contributed by atoms with Gasteiger partial charge >= 0.3 is 0 Å². The standard InChI is InChI=1S/C19H14F2N4O/c1-26-13-3-4-14-12(8-13)10-18(23-17-6-7-22-25-17)24-19(14)11-2-5-15(20)16(21)9-11/h2-10H,1H3,(H2,22,23,24,25). The molecule has 2 heterocycles. The SMILES string of the molecule is COc1ccc2c(-c3ccc(F)c(F)c3)nc(Nc3cc[nH]n3)cc2c1. The van der Waals surface area contributed by atoms with Gasteiger partial charge in [-0.15, -0.1) is 0 Å². The predicted molar refractivity (Wildman–Crippen MR) is 95.5 cm³/mol. The Labute approximate surface area is 147 Å². The van der Waals surface area contributed by atoms with Crippen LogP contribution in [0.5, 0.6) is 5.75 Å². The zero-order chi connectivity index (χ0) is 18.1. The highest BCUT2D eigenvalue weighted by atomic mass is 19.2. The molecule has 0 saturated carbocycles. The number of benzene rings is 2. The zero-order valence-electron chi connectivity index (χ0n) is 13.8. The molecule has 7 heteroatoms. The monoisotopic (exact) mass is 352 g/mol. The van der Waals surface area contributed by atoms with Crippen molar-refractivity contribution in [3.05, 3.63) is 66.4 Å². The quantitative estimate of drug-likeness (QED) is 0.561. The number of rotatable bonds is 4. The number of aromatic nitrogens is 3. The van der Waals surface area contributed by atoms with Gasteiger partial charge in [0.05, 0.1) is 12.8 Å². The summed E-state index contributed by atoms with van der Waals surface area (Å²) in [6.45, 7) is 0. The number of methoxy groups -OCH3 is 1. The van der Waals surface area contributed by atoms with Crippen LogP contribution in [0, 0.1) is 11.6 Å². The lowest BCUT2D eigenvalue weighted by molar-refractivity contribution is 0.415. The fourth-order valence-electron chi connectivity index (χ4n) is 2.75. The second-order valence-corrected chi connectivity index (χ2v) is 5.66. The zero-order valence-corrected chi connectivity index (χ0v) is 13.8.